The Kier molecular flexibility index (Phi) is 4.66. The van der Waals surface area contributed by atoms with Gasteiger partial charge in [0, 0.05) is 18.1 Å². The van der Waals surface area contributed by atoms with E-state index in [1.165, 1.54) is 0 Å². The maximum Gasteiger partial charge on any atom is 0.252 e. The van der Waals surface area contributed by atoms with Crippen LogP contribution in [-0.2, 0) is 6.54 Å². The number of nitrogens with zero attached hydrogens (tertiary/aromatic N) is 2. The van der Waals surface area contributed by atoms with Gasteiger partial charge in [-0.15, -0.1) is 0 Å². The van der Waals surface area contributed by atoms with E-state index in [4.69, 9.17) is 4.98 Å². The Morgan fingerprint density at radius 1 is 0.767 bits per heavy atom. The Labute approximate surface area is 174 Å². The van der Waals surface area contributed by atoms with Crippen LogP contribution in [0.2, 0.25) is 0 Å². The number of nitrogens with one attached hydrogen (secondary N) is 1. The summed E-state index contributed by atoms with van der Waals surface area (Å²) in [6.07, 6.45) is 1.73. The zero-order valence-corrected chi connectivity index (χ0v) is 16.2. The molecule has 5 aromatic rings. The summed E-state index contributed by atoms with van der Waals surface area (Å²) in [6.45, 7) is 0.454. The molecule has 0 unspecified atom stereocenters. The number of carbonyl (C=O) groups is 1. The third-order valence-corrected chi connectivity index (χ3v) is 5.21. The van der Waals surface area contributed by atoms with Crippen molar-refractivity contribution in [1.29, 1.82) is 0 Å². The van der Waals surface area contributed by atoms with Crippen molar-refractivity contribution >= 4 is 27.6 Å². The number of carbonyl (C=O) groups excluding carboxylic acids is 1. The lowest BCUT2D eigenvalue weighted by Crippen LogP contribution is -2.23. The van der Waals surface area contributed by atoms with Gasteiger partial charge in [0.15, 0.2) is 0 Å². The molecule has 0 aliphatic carbocycles. The highest BCUT2D eigenvalue weighted by molar-refractivity contribution is 6.07. The summed E-state index contributed by atoms with van der Waals surface area (Å²) in [7, 11) is 0. The fourth-order valence-electron chi connectivity index (χ4n) is 3.73. The largest absolute Gasteiger partial charge is 0.348 e. The molecular formula is C26H19N3O. The van der Waals surface area contributed by atoms with Gasteiger partial charge in [-0.1, -0.05) is 66.7 Å². The average Bonchev–Trinajstić information content (AvgIpc) is 2.82. The molecule has 0 radical (unpaired) electrons. The maximum atomic E-state index is 13.2. The number of aromatic nitrogens is 2. The Balaban J connectivity index is 1.51. The van der Waals surface area contributed by atoms with E-state index in [1.807, 2.05) is 72.8 Å². The van der Waals surface area contributed by atoms with Gasteiger partial charge in [0.05, 0.1) is 22.5 Å². The molecule has 0 saturated carbocycles. The molecule has 144 valence electrons. The third-order valence-electron chi connectivity index (χ3n) is 5.21. The molecule has 0 fully saturated rings. The fourth-order valence-corrected chi connectivity index (χ4v) is 3.73. The number of hydrogen-bond donors (Lipinski definition) is 1. The van der Waals surface area contributed by atoms with Crippen LogP contribution in [0.1, 0.15) is 15.9 Å². The number of pyridine rings is 2. The smallest absolute Gasteiger partial charge is 0.252 e. The number of benzene rings is 3. The van der Waals surface area contributed by atoms with Crippen LogP contribution in [0.5, 0.6) is 0 Å². The molecule has 0 saturated heterocycles. The SMILES string of the molecule is O=C(NCc1cccc2ccccc12)c1cc(-c2ccccn2)nc2ccccc12. The molecule has 0 aliphatic heterocycles. The summed E-state index contributed by atoms with van der Waals surface area (Å²) < 4.78 is 0. The summed E-state index contributed by atoms with van der Waals surface area (Å²) in [5.41, 5.74) is 3.89. The van der Waals surface area contributed by atoms with E-state index < -0.39 is 0 Å². The zero-order chi connectivity index (χ0) is 20.3. The van der Waals surface area contributed by atoms with Crippen LogP contribution in [-0.4, -0.2) is 15.9 Å². The molecule has 4 nitrogen and oxygen atoms in total. The third kappa shape index (κ3) is 3.40. The van der Waals surface area contributed by atoms with Gasteiger partial charge in [0.1, 0.15) is 0 Å². The second-order valence-electron chi connectivity index (χ2n) is 7.11. The first kappa shape index (κ1) is 18.0. The van der Waals surface area contributed by atoms with E-state index in [-0.39, 0.29) is 5.91 Å². The lowest BCUT2D eigenvalue weighted by Gasteiger charge is -2.11. The van der Waals surface area contributed by atoms with Gasteiger partial charge < -0.3 is 5.32 Å². The molecule has 1 N–H and O–H groups in total. The molecule has 4 heteroatoms. The second-order valence-corrected chi connectivity index (χ2v) is 7.11. The van der Waals surface area contributed by atoms with Crippen LogP contribution >= 0.6 is 0 Å². The predicted octanol–water partition coefficient (Wildman–Crippen LogP) is 5.38. The molecule has 0 atom stereocenters. The first-order chi connectivity index (χ1) is 14.8. The summed E-state index contributed by atoms with van der Waals surface area (Å²) in [5, 5.41) is 6.23. The van der Waals surface area contributed by atoms with Crippen LogP contribution in [0.15, 0.2) is 97.2 Å². The monoisotopic (exact) mass is 389 g/mol. The van der Waals surface area contributed by atoms with Crippen LogP contribution in [0.25, 0.3) is 33.1 Å². The minimum atomic E-state index is -0.126. The lowest BCUT2D eigenvalue weighted by atomic mass is 10.0. The van der Waals surface area contributed by atoms with Gasteiger partial charge in [0.2, 0.25) is 0 Å². The van der Waals surface area contributed by atoms with Gasteiger partial charge in [-0.3, -0.25) is 9.78 Å². The van der Waals surface area contributed by atoms with E-state index in [2.05, 4.69) is 28.5 Å². The van der Waals surface area contributed by atoms with Gasteiger partial charge >= 0.3 is 0 Å². The van der Waals surface area contributed by atoms with Crippen molar-refractivity contribution in [3.63, 3.8) is 0 Å². The Morgan fingerprint density at radius 2 is 1.53 bits per heavy atom. The van der Waals surface area contributed by atoms with E-state index in [9.17, 15) is 4.79 Å². The lowest BCUT2D eigenvalue weighted by molar-refractivity contribution is 0.0952. The van der Waals surface area contributed by atoms with Crippen molar-refractivity contribution in [3.05, 3.63) is 108 Å². The quantitative estimate of drug-likeness (QED) is 0.449. The highest BCUT2D eigenvalue weighted by Gasteiger charge is 2.14. The van der Waals surface area contributed by atoms with Crippen LogP contribution in [0.4, 0.5) is 0 Å². The normalized spacial score (nSPS) is 10.9. The van der Waals surface area contributed by atoms with Gasteiger partial charge in [-0.2, -0.15) is 0 Å². The number of rotatable bonds is 4. The summed E-state index contributed by atoms with van der Waals surface area (Å²) in [4.78, 5) is 22.3. The molecular weight excluding hydrogens is 370 g/mol. The van der Waals surface area contributed by atoms with Crippen LogP contribution in [0.3, 0.4) is 0 Å². The number of hydrogen-bond acceptors (Lipinski definition) is 3. The predicted molar refractivity (Wildman–Crippen MR) is 120 cm³/mol. The molecule has 3 aromatic carbocycles. The van der Waals surface area contributed by atoms with Crippen molar-refractivity contribution in [2.24, 2.45) is 0 Å². The first-order valence-corrected chi connectivity index (χ1v) is 9.85. The molecule has 0 aliphatic rings. The maximum absolute atomic E-state index is 13.2. The van der Waals surface area contributed by atoms with E-state index in [0.717, 1.165) is 32.9 Å². The molecule has 5 rings (SSSR count). The van der Waals surface area contributed by atoms with Crippen molar-refractivity contribution in [1.82, 2.24) is 15.3 Å². The van der Waals surface area contributed by atoms with Gasteiger partial charge in [0.25, 0.3) is 5.91 Å². The fraction of sp³-hybridized carbons (Fsp3) is 0.0385. The summed E-state index contributed by atoms with van der Waals surface area (Å²) >= 11 is 0. The molecule has 30 heavy (non-hydrogen) atoms. The highest BCUT2D eigenvalue weighted by Crippen LogP contribution is 2.24. The van der Waals surface area contributed by atoms with Gasteiger partial charge in [-0.05, 0) is 40.6 Å². The number of para-hydroxylation sites is 1. The van der Waals surface area contributed by atoms with Crippen LogP contribution in [0, 0.1) is 0 Å². The number of amides is 1. The van der Waals surface area contributed by atoms with E-state index in [0.29, 0.717) is 17.8 Å². The van der Waals surface area contributed by atoms with Crippen LogP contribution < -0.4 is 5.32 Å². The number of fused-ring (bicyclic) bond motifs is 2. The molecule has 2 aromatic heterocycles. The Hall–Kier alpha value is -4.05. The minimum absolute atomic E-state index is 0.126. The standard InChI is InChI=1S/C26H19N3O/c30-26(28-17-19-10-7-9-18-8-1-2-11-20(18)19)22-16-25(24-14-5-6-15-27-24)29-23-13-4-3-12-21(22)23/h1-16H,17H2,(H,28,30). The Bertz CT molecular complexity index is 1360. The van der Waals surface area contributed by atoms with E-state index >= 15 is 0 Å². The first-order valence-electron chi connectivity index (χ1n) is 9.85. The molecule has 2 heterocycles. The minimum Gasteiger partial charge on any atom is -0.348 e. The van der Waals surface area contributed by atoms with E-state index in [1.54, 1.807) is 6.20 Å². The summed E-state index contributed by atoms with van der Waals surface area (Å²) in [6, 6.07) is 29.5. The van der Waals surface area contributed by atoms with Crippen molar-refractivity contribution in [2.75, 3.05) is 0 Å². The molecule has 1 amide bonds. The highest BCUT2D eigenvalue weighted by atomic mass is 16.1. The Morgan fingerprint density at radius 3 is 2.40 bits per heavy atom. The second kappa shape index (κ2) is 7.76. The van der Waals surface area contributed by atoms with Crippen molar-refractivity contribution in [2.45, 2.75) is 6.54 Å². The van der Waals surface area contributed by atoms with Crippen molar-refractivity contribution in [3.8, 4) is 11.4 Å². The summed E-state index contributed by atoms with van der Waals surface area (Å²) in [5.74, 6) is -0.126. The van der Waals surface area contributed by atoms with Gasteiger partial charge in [-0.25, -0.2) is 4.98 Å². The molecule has 0 bridgehead atoms. The van der Waals surface area contributed by atoms with Crippen molar-refractivity contribution < 1.29 is 4.79 Å². The average molecular weight is 389 g/mol. The topological polar surface area (TPSA) is 54.9 Å². The zero-order valence-electron chi connectivity index (χ0n) is 16.2. The molecule has 0 spiro atoms.